The molecule has 0 aromatic heterocycles. The Morgan fingerprint density at radius 3 is 2.50 bits per heavy atom. The highest BCUT2D eigenvalue weighted by Crippen LogP contribution is 2.26. The fraction of sp³-hybridized carbons (Fsp3) is 0.462. The molecule has 2 unspecified atom stereocenters. The Labute approximate surface area is 124 Å². The summed E-state index contributed by atoms with van der Waals surface area (Å²) in [4.78, 5) is 12.2. The van der Waals surface area contributed by atoms with E-state index in [2.05, 4.69) is 37.2 Å². The monoisotopic (exact) mass is 375 g/mol. The van der Waals surface area contributed by atoms with E-state index in [0.717, 1.165) is 15.4 Å². The van der Waals surface area contributed by atoms with Crippen LogP contribution in [0.1, 0.15) is 30.6 Å². The third-order valence-corrected chi connectivity index (χ3v) is 4.33. The number of ether oxygens (including phenoxy) is 1. The molecule has 18 heavy (non-hydrogen) atoms. The molecule has 1 aromatic carbocycles. The predicted octanol–water partition coefficient (Wildman–Crippen LogP) is 3.51. The largest absolute Gasteiger partial charge is 0.376 e. The third-order valence-electron chi connectivity index (χ3n) is 3.41. The van der Waals surface area contributed by atoms with Crippen LogP contribution in [0.5, 0.6) is 0 Å². The summed E-state index contributed by atoms with van der Waals surface area (Å²) in [6.45, 7) is 4.71. The molecule has 1 aliphatic rings. The van der Waals surface area contributed by atoms with Crippen LogP contribution in [0.4, 0.5) is 0 Å². The average molecular weight is 377 g/mol. The van der Waals surface area contributed by atoms with Crippen LogP contribution in [0.15, 0.2) is 27.1 Å². The van der Waals surface area contributed by atoms with Crippen LogP contribution in [0, 0.1) is 0 Å². The van der Waals surface area contributed by atoms with Crippen molar-refractivity contribution in [3.05, 3.63) is 32.7 Å². The molecule has 1 aliphatic heterocycles. The summed E-state index contributed by atoms with van der Waals surface area (Å²) in [6, 6.07) is 5.52. The maximum Gasteiger partial charge on any atom is 0.251 e. The van der Waals surface area contributed by atoms with Crippen molar-refractivity contribution >= 4 is 37.8 Å². The van der Waals surface area contributed by atoms with E-state index in [1.54, 1.807) is 0 Å². The highest BCUT2D eigenvalue weighted by Gasteiger charge is 2.38. The first-order valence-corrected chi connectivity index (χ1v) is 7.39. The SMILES string of the molecule is CC1OCCC1(C)NC(=O)c1cc(Br)cc(Br)c1. The molecule has 3 nitrogen and oxygen atoms in total. The normalized spacial score (nSPS) is 27.2. The molecule has 0 bridgehead atoms. The lowest BCUT2D eigenvalue weighted by molar-refractivity contribution is 0.0727. The minimum absolute atomic E-state index is 0.0389. The quantitative estimate of drug-likeness (QED) is 0.857. The lowest BCUT2D eigenvalue weighted by Crippen LogP contribution is -2.50. The molecular weight excluding hydrogens is 362 g/mol. The third kappa shape index (κ3) is 2.95. The second-order valence-electron chi connectivity index (χ2n) is 4.79. The van der Waals surface area contributed by atoms with Gasteiger partial charge in [0.2, 0.25) is 0 Å². The molecule has 0 spiro atoms. The maximum atomic E-state index is 12.2. The van der Waals surface area contributed by atoms with Crippen molar-refractivity contribution in [3.8, 4) is 0 Å². The topological polar surface area (TPSA) is 38.3 Å². The smallest absolute Gasteiger partial charge is 0.251 e. The van der Waals surface area contributed by atoms with E-state index < -0.39 is 0 Å². The van der Waals surface area contributed by atoms with Crippen LogP contribution in [-0.2, 0) is 4.74 Å². The Kier molecular flexibility index (Phi) is 4.14. The van der Waals surface area contributed by atoms with E-state index >= 15 is 0 Å². The summed E-state index contributed by atoms with van der Waals surface area (Å²) in [5.74, 6) is -0.0724. The number of nitrogens with one attached hydrogen (secondary N) is 1. The lowest BCUT2D eigenvalue weighted by Gasteiger charge is -2.29. The van der Waals surface area contributed by atoms with Crippen LogP contribution in [-0.4, -0.2) is 24.2 Å². The highest BCUT2D eigenvalue weighted by atomic mass is 79.9. The van der Waals surface area contributed by atoms with Gasteiger partial charge in [-0.3, -0.25) is 4.79 Å². The van der Waals surface area contributed by atoms with Gasteiger partial charge in [-0.2, -0.15) is 0 Å². The molecule has 5 heteroatoms. The Bertz CT molecular complexity index is 458. The van der Waals surface area contributed by atoms with Crippen LogP contribution in [0.2, 0.25) is 0 Å². The molecule has 1 amide bonds. The molecule has 1 heterocycles. The molecule has 2 atom stereocenters. The van der Waals surface area contributed by atoms with Gasteiger partial charge in [0.25, 0.3) is 5.91 Å². The number of halogens is 2. The van der Waals surface area contributed by atoms with Gasteiger partial charge in [-0.25, -0.2) is 0 Å². The first-order chi connectivity index (χ1) is 8.40. The Balaban J connectivity index is 2.17. The van der Waals surface area contributed by atoms with Gasteiger partial charge in [-0.15, -0.1) is 0 Å². The molecule has 98 valence electrons. The first-order valence-electron chi connectivity index (χ1n) is 5.81. The fourth-order valence-corrected chi connectivity index (χ4v) is 3.31. The molecule has 0 saturated carbocycles. The van der Waals surface area contributed by atoms with Crippen molar-refractivity contribution in [2.75, 3.05) is 6.61 Å². The average Bonchev–Trinajstić information content (AvgIpc) is 2.57. The summed E-state index contributed by atoms with van der Waals surface area (Å²) < 4.78 is 7.27. The Morgan fingerprint density at radius 2 is 2.00 bits per heavy atom. The summed E-state index contributed by atoms with van der Waals surface area (Å²) in [7, 11) is 0. The zero-order valence-electron chi connectivity index (χ0n) is 10.3. The van der Waals surface area contributed by atoms with Gasteiger partial charge in [-0.1, -0.05) is 31.9 Å². The van der Waals surface area contributed by atoms with Crippen molar-refractivity contribution in [1.82, 2.24) is 5.32 Å². The zero-order valence-corrected chi connectivity index (χ0v) is 13.5. The summed E-state index contributed by atoms with van der Waals surface area (Å²) in [5, 5.41) is 3.07. The molecule has 1 saturated heterocycles. The standard InChI is InChI=1S/C13H15Br2NO2/c1-8-13(2,3-4-18-8)16-12(17)9-5-10(14)7-11(15)6-9/h5-8H,3-4H2,1-2H3,(H,16,17). The second kappa shape index (κ2) is 5.31. The molecule has 1 fully saturated rings. The van der Waals surface area contributed by atoms with Crippen molar-refractivity contribution in [1.29, 1.82) is 0 Å². The Morgan fingerprint density at radius 1 is 1.39 bits per heavy atom. The number of benzene rings is 1. The van der Waals surface area contributed by atoms with E-state index in [4.69, 9.17) is 4.74 Å². The number of amides is 1. The van der Waals surface area contributed by atoms with Gasteiger partial charge in [0.1, 0.15) is 0 Å². The number of hydrogen-bond donors (Lipinski definition) is 1. The van der Waals surface area contributed by atoms with Crippen molar-refractivity contribution in [2.24, 2.45) is 0 Å². The van der Waals surface area contributed by atoms with Gasteiger partial charge < -0.3 is 10.1 Å². The number of carbonyl (C=O) groups is 1. The molecule has 0 aliphatic carbocycles. The van der Waals surface area contributed by atoms with Crippen LogP contribution < -0.4 is 5.32 Å². The minimum atomic E-state index is -0.286. The van der Waals surface area contributed by atoms with Gasteiger partial charge in [-0.05, 0) is 38.5 Å². The molecule has 1 aromatic rings. The van der Waals surface area contributed by atoms with Crippen LogP contribution in [0.3, 0.4) is 0 Å². The van der Waals surface area contributed by atoms with E-state index in [9.17, 15) is 4.79 Å². The van der Waals surface area contributed by atoms with Crippen molar-refractivity contribution in [2.45, 2.75) is 31.9 Å². The second-order valence-corrected chi connectivity index (χ2v) is 6.62. The fourth-order valence-electron chi connectivity index (χ4n) is 2.02. The van der Waals surface area contributed by atoms with E-state index in [0.29, 0.717) is 12.2 Å². The van der Waals surface area contributed by atoms with Gasteiger partial charge in [0, 0.05) is 21.1 Å². The number of rotatable bonds is 2. The number of hydrogen-bond acceptors (Lipinski definition) is 2. The number of carbonyl (C=O) groups excluding carboxylic acids is 1. The zero-order chi connectivity index (χ0) is 13.3. The molecule has 2 rings (SSSR count). The van der Waals surface area contributed by atoms with E-state index in [1.165, 1.54) is 0 Å². The van der Waals surface area contributed by atoms with E-state index in [1.807, 2.05) is 32.0 Å². The van der Waals surface area contributed by atoms with Gasteiger partial charge in [0.15, 0.2) is 0 Å². The van der Waals surface area contributed by atoms with Crippen molar-refractivity contribution in [3.63, 3.8) is 0 Å². The first kappa shape index (κ1) is 14.0. The van der Waals surface area contributed by atoms with Crippen molar-refractivity contribution < 1.29 is 9.53 Å². The Hall–Kier alpha value is -0.390. The van der Waals surface area contributed by atoms with Crippen LogP contribution in [0.25, 0.3) is 0 Å². The maximum absolute atomic E-state index is 12.2. The molecule has 1 N–H and O–H groups in total. The van der Waals surface area contributed by atoms with Gasteiger partial charge in [0.05, 0.1) is 11.6 Å². The predicted molar refractivity (Wildman–Crippen MR) is 77.7 cm³/mol. The summed E-state index contributed by atoms with van der Waals surface area (Å²) in [5.41, 5.74) is 0.350. The lowest BCUT2D eigenvalue weighted by atomic mass is 9.94. The van der Waals surface area contributed by atoms with Crippen LogP contribution >= 0.6 is 31.9 Å². The molecule has 0 radical (unpaired) electrons. The van der Waals surface area contributed by atoms with E-state index in [-0.39, 0.29) is 17.6 Å². The summed E-state index contributed by atoms with van der Waals surface area (Å²) >= 11 is 6.77. The van der Waals surface area contributed by atoms with Gasteiger partial charge >= 0.3 is 0 Å². The molecular formula is C13H15Br2NO2. The summed E-state index contributed by atoms with van der Waals surface area (Å²) in [6.07, 6.45) is 0.881. The minimum Gasteiger partial charge on any atom is -0.376 e. The highest BCUT2D eigenvalue weighted by molar-refractivity contribution is 9.11.